The summed E-state index contributed by atoms with van der Waals surface area (Å²) in [4.78, 5) is 25.4. The summed E-state index contributed by atoms with van der Waals surface area (Å²) in [5.41, 5.74) is 1.81. The molecule has 29 heavy (non-hydrogen) atoms. The summed E-state index contributed by atoms with van der Waals surface area (Å²) in [6.07, 6.45) is 5.43. The zero-order valence-corrected chi connectivity index (χ0v) is 17.5. The van der Waals surface area contributed by atoms with E-state index in [1.807, 2.05) is 51.0 Å². The van der Waals surface area contributed by atoms with Crippen molar-refractivity contribution in [3.05, 3.63) is 36.3 Å². The Kier molecular flexibility index (Phi) is 6.69. The van der Waals surface area contributed by atoms with Crippen LogP contribution in [0.2, 0.25) is 0 Å². The number of aromatic nitrogens is 3. The van der Waals surface area contributed by atoms with Crippen LogP contribution in [-0.2, 0) is 18.4 Å². The zero-order valence-electron chi connectivity index (χ0n) is 17.5. The lowest BCUT2D eigenvalue weighted by Gasteiger charge is -2.35. The summed E-state index contributed by atoms with van der Waals surface area (Å²) in [7, 11) is 1.84. The number of rotatable bonds is 6. The van der Waals surface area contributed by atoms with Crippen LogP contribution in [0.25, 0.3) is 0 Å². The number of carbonyl (C=O) groups excluding carboxylic acids is 1. The second-order valence-corrected chi connectivity index (χ2v) is 7.18. The number of pyridine rings is 1. The number of nitrogens with zero attached hydrogens (tertiary/aromatic N) is 6. The van der Waals surface area contributed by atoms with E-state index in [0.717, 1.165) is 23.8 Å². The van der Waals surface area contributed by atoms with Crippen molar-refractivity contribution >= 4 is 17.6 Å². The monoisotopic (exact) mass is 399 g/mol. The van der Waals surface area contributed by atoms with Crippen LogP contribution in [0.3, 0.4) is 0 Å². The summed E-state index contributed by atoms with van der Waals surface area (Å²) in [5, 5.41) is 7.44. The number of aryl methyl sites for hydroxylation is 1. The van der Waals surface area contributed by atoms with E-state index in [1.54, 1.807) is 22.0 Å². The fourth-order valence-electron chi connectivity index (χ4n) is 3.08. The number of piperazine rings is 1. The molecule has 1 saturated heterocycles. The van der Waals surface area contributed by atoms with Crippen LogP contribution in [0.4, 0.5) is 5.69 Å². The molecular weight excluding hydrogens is 370 g/mol. The van der Waals surface area contributed by atoms with E-state index in [-0.39, 0.29) is 18.6 Å². The highest BCUT2D eigenvalue weighted by Gasteiger charge is 2.27. The molecule has 1 N–H and O–H groups in total. The second kappa shape index (κ2) is 9.40. The predicted molar refractivity (Wildman–Crippen MR) is 112 cm³/mol. The molecule has 0 aromatic carbocycles. The lowest BCUT2D eigenvalue weighted by Crippen LogP contribution is -2.55. The van der Waals surface area contributed by atoms with E-state index >= 15 is 0 Å². The fourth-order valence-corrected chi connectivity index (χ4v) is 3.08. The minimum absolute atomic E-state index is 0.0340. The first-order valence-electron chi connectivity index (χ1n) is 9.90. The van der Waals surface area contributed by atoms with Gasteiger partial charge in [0.05, 0.1) is 24.5 Å². The number of ether oxygens (including phenoxy) is 1. The normalized spacial score (nSPS) is 15.2. The fraction of sp³-hybridized carbons (Fsp3) is 0.500. The van der Waals surface area contributed by atoms with E-state index in [1.165, 1.54) is 0 Å². The van der Waals surface area contributed by atoms with Gasteiger partial charge in [-0.2, -0.15) is 5.10 Å². The van der Waals surface area contributed by atoms with Gasteiger partial charge in [-0.15, -0.1) is 0 Å². The van der Waals surface area contributed by atoms with E-state index in [4.69, 9.17) is 9.73 Å². The van der Waals surface area contributed by atoms with Gasteiger partial charge in [0.25, 0.3) is 0 Å². The Morgan fingerprint density at radius 2 is 2.14 bits per heavy atom. The van der Waals surface area contributed by atoms with Crippen LogP contribution in [0.15, 0.2) is 35.7 Å². The topological polar surface area (TPSA) is 87.9 Å². The molecule has 2 aromatic heterocycles. The quantitative estimate of drug-likeness (QED) is 0.584. The van der Waals surface area contributed by atoms with Gasteiger partial charge in [0.15, 0.2) is 5.96 Å². The van der Waals surface area contributed by atoms with Crippen LogP contribution < -0.4 is 15.0 Å². The van der Waals surface area contributed by atoms with Crippen molar-refractivity contribution in [3.8, 4) is 5.88 Å². The first-order chi connectivity index (χ1) is 14.0. The molecule has 2 aromatic rings. The highest BCUT2D eigenvalue weighted by molar-refractivity contribution is 5.98. The molecule has 3 heterocycles. The third kappa shape index (κ3) is 5.46. The van der Waals surface area contributed by atoms with E-state index in [2.05, 4.69) is 15.4 Å². The van der Waals surface area contributed by atoms with Crippen molar-refractivity contribution in [3.63, 3.8) is 0 Å². The Morgan fingerprint density at radius 1 is 1.31 bits per heavy atom. The second-order valence-electron chi connectivity index (χ2n) is 7.18. The number of anilines is 1. The average molecular weight is 399 g/mol. The van der Waals surface area contributed by atoms with Crippen molar-refractivity contribution in [1.29, 1.82) is 0 Å². The third-order valence-corrected chi connectivity index (χ3v) is 4.42. The number of guanidine groups is 1. The number of aliphatic imine (C=N–C) groups is 1. The summed E-state index contributed by atoms with van der Waals surface area (Å²) >= 11 is 0. The number of nitrogens with one attached hydrogen (secondary N) is 1. The molecule has 0 atom stereocenters. The molecule has 1 aliphatic rings. The van der Waals surface area contributed by atoms with Crippen molar-refractivity contribution < 1.29 is 9.53 Å². The van der Waals surface area contributed by atoms with Gasteiger partial charge in [-0.05, 0) is 26.3 Å². The van der Waals surface area contributed by atoms with E-state index in [0.29, 0.717) is 25.5 Å². The maximum Gasteiger partial charge on any atom is 0.246 e. The van der Waals surface area contributed by atoms with Crippen molar-refractivity contribution in [2.24, 2.45) is 12.0 Å². The van der Waals surface area contributed by atoms with Gasteiger partial charge in [0.2, 0.25) is 11.8 Å². The maximum absolute atomic E-state index is 12.7. The van der Waals surface area contributed by atoms with E-state index in [9.17, 15) is 4.79 Å². The Labute approximate surface area is 171 Å². The molecule has 156 valence electrons. The van der Waals surface area contributed by atoms with Crippen molar-refractivity contribution in [1.82, 2.24) is 25.0 Å². The lowest BCUT2D eigenvalue weighted by molar-refractivity contribution is -0.120. The van der Waals surface area contributed by atoms with Crippen LogP contribution in [-0.4, -0.2) is 63.8 Å². The molecule has 1 amide bonds. The molecule has 9 nitrogen and oxygen atoms in total. The summed E-state index contributed by atoms with van der Waals surface area (Å²) in [6.45, 7) is 8.74. The first-order valence-corrected chi connectivity index (χ1v) is 9.90. The number of hydrogen-bond acceptors (Lipinski definition) is 5. The van der Waals surface area contributed by atoms with Crippen molar-refractivity contribution in [2.75, 3.05) is 31.1 Å². The Bertz CT molecular complexity index is 845. The molecule has 0 aliphatic carbocycles. The van der Waals surface area contributed by atoms with Crippen molar-refractivity contribution in [2.45, 2.75) is 33.4 Å². The predicted octanol–water partition coefficient (Wildman–Crippen LogP) is 1.42. The minimum atomic E-state index is 0.0340. The van der Waals surface area contributed by atoms with Crippen LogP contribution in [0.5, 0.6) is 5.88 Å². The Morgan fingerprint density at radius 3 is 2.72 bits per heavy atom. The summed E-state index contributed by atoms with van der Waals surface area (Å²) < 4.78 is 7.27. The van der Waals surface area contributed by atoms with Gasteiger partial charge < -0.3 is 19.9 Å². The van der Waals surface area contributed by atoms with Gasteiger partial charge in [0, 0.05) is 45.1 Å². The van der Waals surface area contributed by atoms with Gasteiger partial charge in [-0.25, -0.2) is 9.98 Å². The molecule has 0 saturated carbocycles. The minimum Gasteiger partial charge on any atom is -0.475 e. The smallest absolute Gasteiger partial charge is 0.246 e. The Balaban J connectivity index is 1.64. The summed E-state index contributed by atoms with van der Waals surface area (Å²) in [6, 6.07) is 3.82. The molecule has 0 radical (unpaired) electrons. The molecule has 0 spiro atoms. The molecule has 0 bridgehead atoms. The molecule has 1 aliphatic heterocycles. The molecule has 0 unspecified atom stereocenters. The number of amides is 1. The van der Waals surface area contributed by atoms with E-state index < -0.39 is 0 Å². The van der Waals surface area contributed by atoms with Crippen LogP contribution in [0, 0.1) is 0 Å². The number of carbonyl (C=O) groups is 1. The zero-order chi connectivity index (χ0) is 20.8. The standard InChI is InChI=1S/C20H29N7O2/c1-5-21-20(23-11-16-6-7-18(22-10-16)29-15(2)3)26-8-9-27(19(28)14-26)17-12-24-25(4)13-17/h6-7,10,12-13,15H,5,8-9,11,14H2,1-4H3,(H,21,23). The molecule has 9 heteroatoms. The first kappa shape index (κ1) is 20.6. The highest BCUT2D eigenvalue weighted by Crippen LogP contribution is 2.16. The molecule has 1 fully saturated rings. The van der Waals surface area contributed by atoms with Crippen LogP contribution in [0.1, 0.15) is 26.3 Å². The SMILES string of the molecule is CCNC(=NCc1ccc(OC(C)C)nc1)N1CCN(c2cnn(C)c2)C(=O)C1. The summed E-state index contributed by atoms with van der Waals surface area (Å²) in [5.74, 6) is 1.37. The lowest BCUT2D eigenvalue weighted by atomic mass is 10.3. The molecule has 3 rings (SSSR count). The Hall–Kier alpha value is -3.10. The van der Waals surface area contributed by atoms with Gasteiger partial charge >= 0.3 is 0 Å². The number of hydrogen-bond donors (Lipinski definition) is 1. The highest BCUT2D eigenvalue weighted by atomic mass is 16.5. The largest absolute Gasteiger partial charge is 0.475 e. The maximum atomic E-state index is 12.7. The van der Waals surface area contributed by atoms with Gasteiger partial charge in [-0.1, -0.05) is 6.07 Å². The third-order valence-electron chi connectivity index (χ3n) is 4.42. The van der Waals surface area contributed by atoms with Gasteiger partial charge in [0.1, 0.15) is 6.54 Å². The molecular formula is C20H29N7O2. The average Bonchev–Trinajstić information content (AvgIpc) is 3.12. The van der Waals surface area contributed by atoms with Crippen LogP contribution >= 0.6 is 0 Å². The van der Waals surface area contributed by atoms with Gasteiger partial charge in [-0.3, -0.25) is 9.48 Å².